The van der Waals surface area contributed by atoms with Crippen LogP contribution in [0.3, 0.4) is 0 Å². The zero-order valence-corrected chi connectivity index (χ0v) is 18.0. The quantitative estimate of drug-likeness (QED) is 0.307. The average Bonchev–Trinajstić information content (AvgIpc) is 2.61. The highest BCUT2D eigenvalue weighted by Gasteiger charge is 2.10. The second kappa shape index (κ2) is 10.0. The number of sulfone groups is 1. The topological polar surface area (TPSA) is 70.6 Å². The Bertz CT molecular complexity index is 898. The molecule has 27 heavy (non-hydrogen) atoms. The van der Waals surface area contributed by atoms with Gasteiger partial charge >= 0.3 is 0 Å². The molecule has 0 saturated heterocycles. The van der Waals surface area contributed by atoms with Gasteiger partial charge in [-0.25, -0.2) is 8.42 Å². The maximum Gasteiger partial charge on any atom is 0.191 e. The van der Waals surface area contributed by atoms with Crippen LogP contribution >= 0.6 is 23.4 Å². The van der Waals surface area contributed by atoms with E-state index in [0.717, 1.165) is 28.4 Å². The first-order valence-electron chi connectivity index (χ1n) is 8.42. The number of nitrogens with one attached hydrogen (secondary N) is 2. The van der Waals surface area contributed by atoms with Gasteiger partial charge in [0.1, 0.15) is 0 Å². The van der Waals surface area contributed by atoms with E-state index in [4.69, 9.17) is 11.6 Å². The lowest BCUT2D eigenvalue weighted by Crippen LogP contribution is -2.37. The minimum absolute atomic E-state index is 0.369. The fourth-order valence-corrected chi connectivity index (χ4v) is 4.37. The van der Waals surface area contributed by atoms with Gasteiger partial charge in [-0.15, -0.1) is 11.8 Å². The number of thioether (sulfide) groups is 1. The molecule has 2 aromatic rings. The Kier molecular flexibility index (Phi) is 8.01. The number of hydrogen-bond donors (Lipinski definition) is 2. The minimum Gasteiger partial charge on any atom is -0.356 e. The van der Waals surface area contributed by atoms with Crippen LogP contribution in [0.5, 0.6) is 0 Å². The van der Waals surface area contributed by atoms with Crippen molar-refractivity contribution in [1.82, 2.24) is 10.6 Å². The van der Waals surface area contributed by atoms with Gasteiger partial charge in [0.05, 0.1) is 4.90 Å². The zero-order valence-electron chi connectivity index (χ0n) is 15.6. The van der Waals surface area contributed by atoms with Crippen LogP contribution < -0.4 is 10.6 Å². The van der Waals surface area contributed by atoms with Gasteiger partial charge < -0.3 is 10.6 Å². The first kappa shape index (κ1) is 21.6. The van der Waals surface area contributed by atoms with E-state index in [1.807, 2.05) is 36.4 Å². The summed E-state index contributed by atoms with van der Waals surface area (Å²) in [6, 6.07) is 13.1. The first-order chi connectivity index (χ1) is 12.8. The largest absolute Gasteiger partial charge is 0.356 e. The number of benzene rings is 2. The van der Waals surface area contributed by atoms with Crippen molar-refractivity contribution in [1.29, 1.82) is 0 Å². The average molecular weight is 426 g/mol. The summed E-state index contributed by atoms with van der Waals surface area (Å²) in [5, 5.41) is 7.25. The molecule has 0 aliphatic heterocycles. The molecule has 0 bridgehead atoms. The second-order valence-electron chi connectivity index (χ2n) is 6.03. The van der Waals surface area contributed by atoms with Crippen LogP contribution in [0.15, 0.2) is 57.2 Å². The summed E-state index contributed by atoms with van der Waals surface area (Å²) in [7, 11) is -1.47. The highest BCUT2D eigenvalue weighted by atomic mass is 35.5. The van der Waals surface area contributed by atoms with E-state index in [9.17, 15) is 8.42 Å². The van der Waals surface area contributed by atoms with Gasteiger partial charge in [-0.3, -0.25) is 4.99 Å². The maximum absolute atomic E-state index is 11.7. The number of nitrogens with zero attached hydrogens (tertiary/aromatic N) is 1. The van der Waals surface area contributed by atoms with Crippen LogP contribution in [0.2, 0.25) is 5.02 Å². The van der Waals surface area contributed by atoms with Gasteiger partial charge in [0.15, 0.2) is 15.8 Å². The molecular formula is C19H24ClN3O2S2. The van der Waals surface area contributed by atoms with Crippen molar-refractivity contribution in [3.63, 3.8) is 0 Å². The fourth-order valence-electron chi connectivity index (χ4n) is 2.51. The van der Waals surface area contributed by atoms with Gasteiger partial charge in [0, 0.05) is 42.1 Å². The van der Waals surface area contributed by atoms with E-state index in [1.54, 1.807) is 31.8 Å². The Morgan fingerprint density at radius 2 is 1.85 bits per heavy atom. The molecule has 0 amide bonds. The van der Waals surface area contributed by atoms with Crippen molar-refractivity contribution < 1.29 is 8.42 Å². The van der Waals surface area contributed by atoms with Crippen LogP contribution in [-0.4, -0.2) is 40.0 Å². The van der Waals surface area contributed by atoms with Gasteiger partial charge in [0.2, 0.25) is 0 Å². The lowest BCUT2D eigenvalue weighted by atomic mass is 10.1. The van der Waals surface area contributed by atoms with Crippen molar-refractivity contribution in [3.05, 3.63) is 58.6 Å². The highest BCUT2D eigenvalue weighted by molar-refractivity contribution is 7.99. The Balaban J connectivity index is 1.80. The normalized spacial score (nSPS) is 12.1. The number of rotatable bonds is 7. The summed E-state index contributed by atoms with van der Waals surface area (Å²) >= 11 is 7.62. The van der Waals surface area contributed by atoms with E-state index in [-0.39, 0.29) is 0 Å². The molecule has 0 unspecified atom stereocenters. The monoisotopic (exact) mass is 425 g/mol. The smallest absolute Gasteiger partial charge is 0.191 e. The van der Waals surface area contributed by atoms with Crippen LogP contribution in [-0.2, 0) is 16.4 Å². The number of aliphatic imine (C=N–C) groups is 1. The van der Waals surface area contributed by atoms with Crippen molar-refractivity contribution in [2.24, 2.45) is 4.99 Å². The summed E-state index contributed by atoms with van der Waals surface area (Å²) in [4.78, 5) is 5.75. The molecule has 2 N–H and O–H groups in total. The van der Waals surface area contributed by atoms with Gasteiger partial charge in [-0.1, -0.05) is 23.7 Å². The number of guanidine groups is 1. The minimum atomic E-state index is -3.19. The molecule has 0 aliphatic rings. The Hall–Kier alpha value is -1.70. The molecule has 0 radical (unpaired) electrons. The predicted molar refractivity (Wildman–Crippen MR) is 115 cm³/mol. The molecule has 0 saturated carbocycles. The van der Waals surface area contributed by atoms with Crippen LogP contribution in [0.25, 0.3) is 0 Å². The summed E-state index contributed by atoms with van der Waals surface area (Å²) in [6.45, 7) is 3.13. The van der Waals surface area contributed by atoms with Gasteiger partial charge in [0.25, 0.3) is 0 Å². The second-order valence-corrected chi connectivity index (χ2v) is 9.62. The fraction of sp³-hybridized carbons (Fsp3) is 0.316. The number of aryl methyl sites for hydroxylation is 1. The van der Waals surface area contributed by atoms with E-state index < -0.39 is 9.84 Å². The summed E-state index contributed by atoms with van der Waals surface area (Å²) in [5.41, 5.74) is 1.75. The summed E-state index contributed by atoms with van der Waals surface area (Å²) in [5.74, 6) is 1.60. The summed E-state index contributed by atoms with van der Waals surface area (Å²) < 4.78 is 23.4. The van der Waals surface area contributed by atoms with E-state index >= 15 is 0 Å². The third kappa shape index (κ3) is 7.08. The lowest BCUT2D eigenvalue weighted by Gasteiger charge is -2.13. The Morgan fingerprint density at radius 3 is 2.44 bits per heavy atom. The van der Waals surface area contributed by atoms with E-state index in [1.165, 1.54) is 11.2 Å². The van der Waals surface area contributed by atoms with Crippen molar-refractivity contribution in [3.8, 4) is 0 Å². The molecule has 0 spiro atoms. The third-order valence-corrected chi connectivity index (χ3v) is 6.32. The Morgan fingerprint density at radius 1 is 1.15 bits per heavy atom. The zero-order chi connectivity index (χ0) is 19.9. The molecule has 2 rings (SSSR count). The molecule has 0 fully saturated rings. The highest BCUT2D eigenvalue weighted by Crippen LogP contribution is 2.19. The van der Waals surface area contributed by atoms with Crippen molar-refractivity contribution in [2.75, 3.05) is 25.6 Å². The molecule has 8 heteroatoms. The summed E-state index contributed by atoms with van der Waals surface area (Å²) in [6.07, 6.45) is 1.22. The number of hydrogen-bond acceptors (Lipinski definition) is 4. The predicted octanol–water partition coefficient (Wildman–Crippen LogP) is 3.51. The van der Waals surface area contributed by atoms with Crippen molar-refractivity contribution >= 4 is 39.2 Å². The first-order valence-corrected chi connectivity index (χ1v) is 11.7. The molecule has 5 nitrogen and oxygen atoms in total. The molecule has 2 aromatic carbocycles. The van der Waals surface area contributed by atoms with Gasteiger partial charge in [-0.2, -0.15) is 0 Å². The number of halogens is 1. The van der Waals surface area contributed by atoms with E-state index in [0.29, 0.717) is 17.4 Å². The van der Waals surface area contributed by atoms with Crippen LogP contribution in [0.1, 0.15) is 11.1 Å². The molecule has 0 aromatic heterocycles. The van der Waals surface area contributed by atoms with Crippen molar-refractivity contribution in [2.45, 2.75) is 23.3 Å². The molecule has 146 valence electrons. The SMILES string of the molecule is CN=C(NCCSc1ccc(Cl)cc1)NCc1ccc(S(C)(=O)=O)c(C)c1. The van der Waals surface area contributed by atoms with Crippen LogP contribution in [0.4, 0.5) is 0 Å². The van der Waals surface area contributed by atoms with Crippen LogP contribution in [0, 0.1) is 6.92 Å². The molecule has 0 heterocycles. The molecule has 0 atom stereocenters. The molecule has 0 aliphatic carbocycles. The standard InChI is InChI=1S/C19H24ClN3O2S2/c1-14-12-15(4-9-18(14)27(3,24)25)13-23-19(21-2)22-10-11-26-17-7-5-16(20)6-8-17/h4-9,12H,10-11,13H2,1-3H3,(H2,21,22,23). The third-order valence-electron chi connectivity index (χ3n) is 3.80. The lowest BCUT2D eigenvalue weighted by molar-refractivity contribution is 0.601. The Labute approximate surface area is 170 Å². The maximum atomic E-state index is 11.7. The van der Waals surface area contributed by atoms with Gasteiger partial charge in [-0.05, 0) is 48.4 Å². The molecular weight excluding hydrogens is 402 g/mol. The van der Waals surface area contributed by atoms with E-state index in [2.05, 4.69) is 15.6 Å².